The summed E-state index contributed by atoms with van der Waals surface area (Å²) in [6.07, 6.45) is 0. The number of benzene rings is 2. The van der Waals surface area contributed by atoms with E-state index in [9.17, 15) is 25.0 Å². The van der Waals surface area contributed by atoms with E-state index in [-0.39, 0.29) is 53.6 Å². The second-order valence-electron chi connectivity index (χ2n) is 7.33. The molecule has 1 aliphatic heterocycles. The van der Waals surface area contributed by atoms with Gasteiger partial charge in [0.1, 0.15) is 30.7 Å². The highest BCUT2D eigenvalue weighted by atomic mass is 16.6. The van der Waals surface area contributed by atoms with Gasteiger partial charge in [0.2, 0.25) is 0 Å². The van der Waals surface area contributed by atoms with Crippen LogP contribution in [0.25, 0.3) is 0 Å². The van der Waals surface area contributed by atoms with Crippen molar-refractivity contribution in [3.63, 3.8) is 0 Å². The van der Waals surface area contributed by atoms with Gasteiger partial charge in [-0.3, -0.25) is 10.1 Å². The van der Waals surface area contributed by atoms with E-state index in [1.165, 1.54) is 25.1 Å². The van der Waals surface area contributed by atoms with E-state index in [4.69, 9.17) is 14.2 Å². The Morgan fingerprint density at radius 3 is 2.34 bits per heavy atom. The molecule has 0 fully saturated rings. The molecule has 1 unspecified atom stereocenters. The molecule has 1 N–H and O–H groups in total. The highest BCUT2D eigenvalue weighted by molar-refractivity contribution is 6.00. The van der Waals surface area contributed by atoms with E-state index in [0.29, 0.717) is 5.75 Å². The van der Waals surface area contributed by atoms with E-state index in [1.807, 2.05) is 12.1 Å². The molecule has 0 aromatic heterocycles. The van der Waals surface area contributed by atoms with Gasteiger partial charge in [-0.1, -0.05) is 36.4 Å². The van der Waals surface area contributed by atoms with Crippen LogP contribution < -0.4 is 10.1 Å². The Kier molecular flexibility index (Phi) is 8.19. The fourth-order valence-electron chi connectivity index (χ4n) is 3.71. The van der Waals surface area contributed by atoms with E-state index < -0.39 is 22.8 Å². The van der Waals surface area contributed by atoms with Crippen LogP contribution in [-0.2, 0) is 19.1 Å². The monoisotopic (exact) mass is 477 g/mol. The number of nitro benzene ring substituents is 1. The lowest BCUT2D eigenvalue weighted by molar-refractivity contribution is -0.385. The molecule has 2 aromatic rings. The van der Waals surface area contributed by atoms with Crippen molar-refractivity contribution >= 4 is 17.6 Å². The van der Waals surface area contributed by atoms with Gasteiger partial charge in [0.15, 0.2) is 0 Å². The third kappa shape index (κ3) is 5.65. The van der Waals surface area contributed by atoms with Crippen LogP contribution >= 0.6 is 0 Å². The molecule has 0 aliphatic carbocycles. The van der Waals surface area contributed by atoms with Gasteiger partial charge < -0.3 is 19.5 Å². The average molecular weight is 477 g/mol. The van der Waals surface area contributed by atoms with Crippen molar-refractivity contribution < 1.29 is 28.7 Å². The van der Waals surface area contributed by atoms with E-state index in [2.05, 4.69) is 5.32 Å². The molecule has 3 rings (SSSR count). The maximum atomic E-state index is 13.2. The fourth-order valence-corrected chi connectivity index (χ4v) is 3.71. The maximum Gasteiger partial charge on any atom is 0.337 e. The van der Waals surface area contributed by atoms with Gasteiger partial charge in [-0.05, 0) is 26.0 Å². The minimum atomic E-state index is -1.26. The number of rotatable bonds is 9. The molecule has 2 aromatic carbocycles. The number of esters is 2. The number of para-hydroxylation sites is 2. The van der Waals surface area contributed by atoms with Crippen molar-refractivity contribution in [3.8, 4) is 11.8 Å². The molecule has 180 valence electrons. The van der Waals surface area contributed by atoms with Crippen LogP contribution in [0.4, 0.5) is 5.69 Å². The number of dihydropyridines is 1. The highest BCUT2D eigenvalue weighted by Gasteiger charge is 2.41. The topological polar surface area (TPSA) is 141 Å². The first-order valence-electron chi connectivity index (χ1n) is 10.8. The Balaban J connectivity index is 1.98. The summed E-state index contributed by atoms with van der Waals surface area (Å²) in [5.41, 5.74) is -0.437. The number of nitriles is 1. The van der Waals surface area contributed by atoms with Crippen LogP contribution in [0, 0.1) is 21.4 Å². The number of carbonyl (C=O) groups excluding carboxylic acids is 2. The number of nitrogens with zero attached hydrogens (tertiary/aromatic N) is 2. The summed E-state index contributed by atoms with van der Waals surface area (Å²) in [6.45, 7) is 3.07. The van der Waals surface area contributed by atoms with Gasteiger partial charge in [0, 0.05) is 17.3 Å². The molecular formula is C25H23N3O7. The molecular weight excluding hydrogens is 454 g/mol. The summed E-state index contributed by atoms with van der Waals surface area (Å²) in [5, 5.41) is 24.2. The van der Waals surface area contributed by atoms with Crippen LogP contribution in [0.3, 0.4) is 0 Å². The normalized spacial score (nSPS) is 15.1. The minimum Gasteiger partial charge on any atom is -0.490 e. The SMILES string of the molecule is CCOC(=O)C1=C(C#N)NC(C)=C(C(=O)OCCOc2ccccc2)C1c1ccccc1[N+](=O)[O-]. The molecule has 10 heteroatoms. The van der Waals surface area contributed by atoms with Gasteiger partial charge in [0.25, 0.3) is 5.69 Å². The number of ether oxygens (including phenoxy) is 3. The minimum absolute atomic E-state index is 0.00391. The van der Waals surface area contributed by atoms with Crippen LogP contribution in [0.5, 0.6) is 5.75 Å². The summed E-state index contributed by atoms with van der Waals surface area (Å²) in [7, 11) is 0. The summed E-state index contributed by atoms with van der Waals surface area (Å²) in [6, 6.07) is 16.6. The van der Waals surface area contributed by atoms with Crippen molar-refractivity contribution in [1.29, 1.82) is 5.26 Å². The Labute approximate surface area is 201 Å². The molecule has 35 heavy (non-hydrogen) atoms. The zero-order valence-corrected chi connectivity index (χ0v) is 19.1. The van der Waals surface area contributed by atoms with Crippen LogP contribution in [0.2, 0.25) is 0 Å². The Morgan fingerprint density at radius 1 is 1.03 bits per heavy atom. The molecule has 1 atom stereocenters. The van der Waals surface area contributed by atoms with E-state index in [1.54, 1.807) is 37.3 Å². The third-order valence-electron chi connectivity index (χ3n) is 5.16. The smallest absolute Gasteiger partial charge is 0.337 e. The fraction of sp³-hybridized carbons (Fsp3) is 0.240. The lowest BCUT2D eigenvalue weighted by atomic mass is 9.79. The number of hydrogen-bond donors (Lipinski definition) is 1. The zero-order valence-electron chi connectivity index (χ0n) is 19.1. The molecule has 1 heterocycles. The Bertz CT molecular complexity index is 1230. The summed E-state index contributed by atoms with van der Waals surface area (Å²) >= 11 is 0. The van der Waals surface area contributed by atoms with Gasteiger partial charge in [-0.25, -0.2) is 9.59 Å². The third-order valence-corrected chi connectivity index (χ3v) is 5.16. The second-order valence-corrected chi connectivity index (χ2v) is 7.33. The molecule has 10 nitrogen and oxygen atoms in total. The first-order chi connectivity index (χ1) is 16.9. The lowest BCUT2D eigenvalue weighted by Gasteiger charge is -2.29. The molecule has 0 saturated heterocycles. The molecule has 0 amide bonds. The van der Waals surface area contributed by atoms with Gasteiger partial charge in [0.05, 0.1) is 28.6 Å². The van der Waals surface area contributed by atoms with Crippen molar-refractivity contribution in [2.75, 3.05) is 19.8 Å². The number of hydrogen-bond acceptors (Lipinski definition) is 9. The lowest BCUT2D eigenvalue weighted by Crippen LogP contribution is -2.33. The van der Waals surface area contributed by atoms with Gasteiger partial charge in [-0.2, -0.15) is 5.26 Å². The first-order valence-corrected chi connectivity index (χ1v) is 10.8. The summed E-state index contributed by atoms with van der Waals surface area (Å²) in [5.74, 6) is -2.34. The van der Waals surface area contributed by atoms with E-state index >= 15 is 0 Å². The highest BCUT2D eigenvalue weighted by Crippen LogP contribution is 2.42. The first kappa shape index (κ1) is 25.0. The molecule has 0 spiro atoms. The van der Waals surface area contributed by atoms with Crippen LogP contribution in [-0.4, -0.2) is 36.7 Å². The van der Waals surface area contributed by atoms with Gasteiger partial charge >= 0.3 is 11.9 Å². The second kappa shape index (κ2) is 11.5. The molecule has 0 radical (unpaired) electrons. The number of carbonyl (C=O) groups is 2. The van der Waals surface area contributed by atoms with Crippen molar-refractivity contribution in [2.45, 2.75) is 19.8 Å². The van der Waals surface area contributed by atoms with Crippen molar-refractivity contribution in [1.82, 2.24) is 5.32 Å². The quantitative estimate of drug-likeness (QED) is 0.248. The van der Waals surface area contributed by atoms with Crippen LogP contribution in [0.1, 0.15) is 25.3 Å². The standard InChI is InChI=1S/C25H23N3O7/c1-3-33-25(30)23-19(15-26)27-16(2)21(22(23)18-11-7-8-12-20(18)28(31)32)24(29)35-14-13-34-17-9-5-4-6-10-17/h4-12,22,27H,3,13-14H2,1-2H3. The molecule has 0 saturated carbocycles. The van der Waals surface area contributed by atoms with Crippen molar-refractivity contribution in [2.24, 2.45) is 0 Å². The zero-order chi connectivity index (χ0) is 25.4. The molecule has 0 bridgehead atoms. The largest absolute Gasteiger partial charge is 0.490 e. The number of nitrogens with one attached hydrogen (secondary N) is 1. The molecule has 1 aliphatic rings. The predicted molar refractivity (Wildman–Crippen MR) is 124 cm³/mol. The average Bonchev–Trinajstić information content (AvgIpc) is 2.86. The van der Waals surface area contributed by atoms with Gasteiger partial charge in [-0.15, -0.1) is 0 Å². The Morgan fingerprint density at radius 2 is 1.69 bits per heavy atom. The number of nitro groups is 1. The maximum absolute atomic E-state index is 13.2. The summed E-state index contributed by atoms with van der Waals surface area (Å²) in [4.78, 5) is 37.2. The Hall–Kier alpha value is -4.65. The van der Waals surface area contributed by atoms with Crippen molar-refractivity contribution in [3.05, 3.63) is 92.8 Å². The van der Waals surface area contributed by atoms with E-state index in [0.717, 1.165) is 0 Å². The summed E-state index contributed by atoms with van der Waals surface area (Å²) < 4.78 is 16.1. The van der Waals surface area contributed by atoms with Crippen LogP contribution in [0.15, 0.2) is 77.1 Å². The predicted octanol–water partition coefficient (Wildman–Crippen LogP) is 3.52. The number of allylic oxidation sites excluding steroid dienone is 2.